The van der Waals surface area contributed by atoms with Gasteiger partial charge in [-0.25, -0.2) is 0 Å². The highest BCUT2D eigenvalue weighted by Crippen LogP contribution is 2.35. The molecule has 0 spiro atoms. The van der Waals surface area contributed by atoms with Crippen molar-refractivity contribution in [1.29, 1.82) is 0 Å². The van der Waals surface area contributed by atoms with Crippen molar-refractivity contribution in [2.24, 2.45) is 5.92 Å². The molecule has 4 nitrogen and oxygen atoms in total. The number of aliphatic hydroxyl groups is 1. The minimum atomic E-state index is 0.284. The molecule has 5 heteroatoms. The normalized spacial score (nSPS) is 23.7. The second-order valence-electron chi connectivity index (χ2n) is 5.60. The Morgan fingerprint density at radius 1 is 1.32 bits per heavy atom. The first-order valence-corrected chi connectivity index (χ1v) is 8.36. The first-order valence-electron chi connectivity index (χ1n) is 7.37. The van der Waals surface area contributed by atoms with Gasteiger partial charge in [0, 0.05) is 18.4 Å². The number of aliphatic hydroxyl groups excluding tert-OH is 1. The van der Waals surface area contributed by atoms with Crippen LogP contribution in [0.3, 0.4) is 0 Å². The number of aryl methyl sites for hydroxylation is 1. The predicted octanol–water partition coefficient (Wildman–Crippen LogP) is 3.20. The van der Waals surface area contributed by atoms with Crippen LogP contribution in [-0.4, -0.2) is 32.2 Å². The van der Waals surface area contributed by atoms with E-state index in [1.165, 1.54) is 25.7 Å². The molecule has 2 atom stereocenters. The third-order valence-electron chi connectivity index (χ3n) is 3.89. The van der Waals surface area contributed by atoms with Crippen molar-refractivity contribution >= 4 is 11.8 Å². The largest absolute Gasteiger partial charge is 0.396 e. The smallest absolute Gasteiger partial charge is 0.191 e. The molecular weight excluding hydrogens is 258 g/mol. The quantitative estimate of drug-likeness (QED) is 0.643. The molecule has 2 rings (SSSR count). The minimum absolute atomic E-state index is 0.284. The molecule has 1 aliphatic rings. The van der Waals surface area contributed by atoms with E-state index in [0.29, 0.717) is 6.04 Å². The lowest BCUT2D eigenvalue weighted by molar-refractivity contribution is 0.268. The average molecular weight is 283 g/mol. The van der Waals surface area contributed by atoms with Gasteiger partial charge in [0.05, 0.1) is 0 Å². The van der Waals surface area contributed by atoms with Gasteiger partial charge in [-0.05, 0) is 38.5 Å². The zero-order chi connectivity index (χ0) is 13.7. The molecule has 0 bridgehead atoms. The number of hydrogen-bond donors (Lipinski definition) is 1. The Kier molecular flexibility index (Phi) is 5.70. The number of thioether (sulfide) groups is 1. The highest BCUT2D eigenvalue weighted by Gasteiger charge is 2.24. The Morgan fingerprint density at radius 3 is 2.89 bits per heavy atom. The maximum Gasteiger partial charge on any atom is 0.191 e. The maximum atomic E-state index is 8.81. The van der Waals surface area contributed by atoms with Crippen LogP contribution in [0, 0.1) is 12.8 Å². The molecule has 108 valence electrons. The minimum Gasteiger partial charge on any atom is -0.396 e. The van der Waals surface area contributed by atoms with E-state index in [1.807, 2.05) is 0 Å². The second kappa shape index (κ2) is 7.29. The molecule has 0 saturated heterocycles. The van der Waals surface area contributed by atoms with Crippen molar-refractivity contribution < 1.29 is 5.11 Å². The SMILES string of the molecule is Cc1nnc(SCCCCO)n1C1CCCC(C)C1. The van der Waals surface area contributed by atoms with Crippen molar-refractivity contribution in [2.75, 3.05) is 12.4 Å². The molecular formula is C14H25N3OS. The van der Waals surface area contributed by atoms with Gasteiger partial charge in [-0.3, -0.25) is 0 Å². The number of hydrogen-bond acceptors (Lipinski definition) is 4. The van der Waals surface area contributed by atoms with Crippen molar-refractivity contribution in [2.45, 2.75) is 63.6 Å². The first-order chi connectivity index (χ1) is 9.22. The molecule has 1 aromatic rings. The van der Waals surface area contributed by atoms with Gasteiger partial charge >= 0.3 is 0 Å². The Balaban J connectivity index is 2.00. The third kappa shape index (κ3) is 3.96. The Hall–Kier alpha value is -0.550. The van der Waals surface area contributed by atoms with E-state index in [4.69, 9.17) is 5.11 Å². The summed E-state index contributed by atoms with van der Waals surface area (Å²) in [4.78, 5) is 0. The van der Waals surface area contributed by atoms with E-state index < -0.39 is 0 Å². The van der Waals surface area contributed by atoms with E-state index in [0.717, 1.165) is 35.5 Å². The van der Waals surface area contributed by atoms with Gasteiger partial charge in [0.1, 0.15) is 5.82 Å². The van der Waals surface area contributed by atoms with Crippen LogP contribution in [0.15, 0.2) is 5.16 Å². The molecule has 1 aliphatic carbocycles. The Morgan fingerprint density at radius 2 is 2.16 bits per heavy atom. The lowest BCUT2D eigenvalue weighted by atomic mass is 9.87. The second-order valence-corrected chi connectivity index (χ2v) is 6.67. The van der Waals surface area contributed by atoms with E-state index in [1.54, 1.807) is 11.8 Å². The van der Waals surface area contributed by atoms with Crippen LogP contribution in [0.1, 0.15) is 57.3 Å². The topological polar surface area (TPSA) is 50.9 Å². The maximum absolute atomic E-state index is 8.81. The van der Waals surface area contributed by atoms with Crippen LogP contribution >= 0.6 is 11.8 Å². The molecule has 19 heavy (non-hydrogen) atoms. The van der Waals surface area contributed by atoms with Crippen LogP contribution in [0.2, 0.25) is 0 Å². The fourth-order valence-electron chi connectivity index (χ4n) is 2.88. The van der Waals surface area contributed by atoms with Crippen LogP contribution in [0.5, 0.6) is 0 Å². The van der Waals surface area contributed by atoms with Crippen molar-refractivity contribution in [3.63, 3.8) is 0 Å². The summed E-state index contributed by atoms with van der Waals surface area (Å²) in [7, 11) is 0. The fourth-order valence-corrected chi connectivity index (χ4v) is 3.93. The lowest BCUT2D eigenvalue weighted by Crippen LogP contribution is -2.19. The van der Waals surface area contributed by atoms with E-state index in [9.17, 15) is 0 Å². The Bertz CT molecular complexity index is 394. The van der Waals surface area contributed by atoms with Gasteiger partial charge in [-0.15, -0.1) is 10.2 Å². The number of nitrogens with zero attached hydrogens (tertiary/aromatic N) is 3. The first kappa shape index (κ1) is 14.9. The highest BCUT2D eigenvalue weighted by molar-refractivity contribution is 7.99. The van der Waals surface area contributed by atoms with Crippen LogP contribution in [-0.2, 0) is 0 Å². The van der Waals surface area contributed by atoms with Crippen molar-refractivity contribution in [3.8, 4) is 0 Å². The molecule has 1 heterocycles. The summed E-state index contributed by atoms with van der Waals surface area (Å²) in [5.41, 5.74) is 0. The summed E-state index contributed by atoms with van der Waals surface area (Å²) in [5, 5.41) is 18.5. The molecule has 0 radical (unpaired) electrons. The van der Waals surface area contributed by atoms with Crippen molar-refractivity contribution in [1.82, 2.24) is 14.8 Å². The summed E-state index contributed by atoms with van der Waals surface area (Å²) >= 11 is 1.78. The van der Waals surface area contributed by atoms with E-state index in [-0.39, 0.29) is 6.61 Å². The standard InChI is InChI=1S/C14H25N3OS/c1-11-6-5-7-13(10-11)17-12(2)15-16-14(17)19-9-4-3-8-18/h11,13,18H,3-10H2,1-2H3. The van der Waals surface area contributed by atoms with Gasteiger partial charge in [0.15, 0.2) is 5.16 Å². The van der Waals surface area contributed by atoms with Gasteiger partial charge < -0.3 is 9.67 Å². The fraction of sp³-hybridized carbons (Fsp3) is 0.857. The number of aromatic nitrogens is 3. The zero-order valence-corrected chi connectivity index (χ0v) is 12.8. The monoisotopic (exact) mass is 283 g/mol. The molecule has 1 N–H and O–H groups in total. The number of rotatable bonds is 6. The summed E-state index contributed by atoms with van der Waals surface area (Å²) in [6.45, 7) is 4.69. The van der Waals surface area contributed by atoms with Crippen molar-refractivity contribution in [3.05, 3.63) is 5.82 Å². The zero-order valence-electron chi connectivity index (χ0n) is 12.0. The molecule has 1 fully saturated rings. The molecule has 2 unspecified atom stereocenters. The van der Waals surface area contributed by atoms with Gasteiger partial charge in [-0.2, -0.15) is 0 Å². The molecule has 1 saturated carbocycles. The van der Waals surface area contributed by atoms with Crippen LogP contribution in [0.25, 0.3) is 0 Å². The third-order valence-corrected chi connectivity index (χ3v) is 4.92. The summed E-state index contributed by atoms with van der Waals surface area (Å²) in [6.07, 6.45) is 7.10. The van der Waals surface area contributed by atoms with Gasteiger partial charge in [-0.1, -0.05) is 31.5 Å². The summed E-state index contributed by atoms with van der Waals surface area (Å²) in [6, 6.07) is 0.582. The summed E-state index contributed by atoms with van der Waals surface area (Å²) in [5.74, 6) is 2.87. The van der Waals surface area contributed by atoms with Crippen LogP contribution in [0.4, 0.5) is 0 Å². The molecule has 0 aromatic carbocycles. The van der Waals surface area contributed by atoms with E-state index >= 15 is 0 Å². The van der Waals surface area contributed by atoms with Crippen LogP contribution < -0.4 is 0 Å². The molecule has 0 aliphatic heterocycles. The highest BCUT2D eigenvalue weighted by atomic mass is 32.2. The van der Waals surface area contributed by atoms with E-state index in [2.05, 4.69) is 28.6 Å². The van der Waals surface area contributed by atoms with Gasteiger partial charge in [0.25, 0.3) is 0 Å². The Labute approximate surface area is 120 Å². The number of unbranched alkanes of at least 4 members (excludes halogenated alkanes) is 1. The molecule has 1 aromatic heterocycles. The lowest BCUT2D eigenvalue weighted by Gasteiger charge is -2.29. The molecule has 0 amide bonds. The predicted molar refractivity (Wildman–Crippen MR) is 78.5 cm³/mol. The van der Waals surface area contributed by atoms with Gasteiger partial charge in [0.2, 0.25) is 0 Å². The summed E-state index contributed by atoms with van der Waals surface area (Å²) < 4.78 is 2.35. The average Bonchev–Trinajstić information content (AvgIpc) is 2.76.